The number of rotatable bonds is 5. The molecule has 0 unspecified atom stereocenters. The van der Waals surface area contributed by atoms with Gasteiger partial charge in [0, 0.05) is 49.7 Å². The van der Waals surface area contributed by atoms with Crippen molar-refractivity contribution in [3.8, 4) is 0 Å². The Morgan fingerprint density at radius 1 is 1.05 bits per heavy atom. The molecule has 0 atom stereocenters. The normalized spacial score (nSPS) is 16.7. The first-order valence-corrected chi connectivity index (χ1v) is 7.60. The van der Waals surface area contributed by atoms with Crippen molar-refractivity contribution in [1.29, 1.82) is 0 Å². The largest absolute Gasteiger partial charge is 0.338 e. The highest BCUT2D eigenvalue weighted by Gasteiger charge is 2.18. The van der Waals surface area contributed by atoms with Crippen LogP contribution in [0.3, 0.4) is 0 Å². The molecule has 0 saturated carbocycles. The van der Waals surface area contributed by atoms with Crippen molar-refractivity contribution in [1.82, 2.24) is 20.2 Å². The van der Waals surface area contributed by atoms with E-state index in [1.165, 1.54) is 5.56 Å². The number of nitrogens with zero attached hydrogens (tertiary/aromatic N) is 4. The fourth-order valence-electron chi connectivity index (χ4n) is 2.52. The van der Waals surface area contributed by atoms with Gasteiger partial charge in [-0.3, -0.25) is 0 Å². The van der Waals surface area contributed by atoms with Gasteiger partial charge in [-0.1, -0.05) is 6.92 Å². The van der Waals surface area contributed by atoms with E-state index in [9.17, 15) is 0 Å². The molecule has 0 radical (unpaired) electrons. The SMILES string of the molecule is CCCNCc1c(C)nc(N2CCN(C)CC2)nc1C. The number of aryl methyl sites for hydroxylation is 2. The molecule has 0 bridgehead atoms. The molecule has 1 aliphatic rings. The summed E-state index contributed by atoms with van der Waals surface area (Å²) in [5.41, 5.74) is 3.46. The van der Waals surface area contributed by atoms with Crippen LogP contribution in [0.5, 0.6) is 0 Å². The van der Waals surface area contributed by atoms with Crippen molar-refractivity contribution in [2.45, 2.75) is 33.7 Å². The lowest BCUT2D eigenvalue weighted by atomic mass is 10.1. The Labute approximate surface area is 122 Å². The van der Waals surface area contributed by atoms with E-state index in [4.69, 9.17) is 9.97 Å². The van der Waals surface area contributed by atoms with E-state index in [1.54, 1.807) is 0 Å². The molecular weight excluding hydrogens is 250 g/mol. The van der Waals surface area contributed by atoms with Gasteiger partial charge in [-0.25, -0.2) is 9.97 Å². The molecule has 112 valence electrons. The van der Waals surface area contributed by atoms with Gasteiger partial charge in [0.2, 0.25) is 5.95 Å². The third-order valence-corrected chi connectivity index (χ3v) is 3.92. The van der Waals surface area contributed by atoms with Crippen LogP contribution in [0, 0.1) is 13.8 Å². The molecule has 2 rings (SSSR count). The van der Waals surface area contributed by atoms with Crippen LogP contribution in [0.25, 0.3) is 0 Å². The standard InChI is InChI=1S/C15H27N5/c1-5-6-16-11-14-12(2)17-15(18-13(14)3)20-9-7-19(4)8-10-20/h16H,5-11H2,1-4H3. The number of piperazine rings is 1. The second-order valence-electron chi connectivity index (χ2n) is 5.64. The number of likely N-dealkylation sites (N-methyl/N-ethyl adjacent to an activating group) is 1. The summed E-state index contributed by atoms with van der Waals surface area (Å²) in [5.74, 6) is 0.896. The molecule has 1 aliphatic heterocycles. The Morgan fingerprint density at radius 3 is 2.20 bits per heavy atom. The van der Waals surface area contributed by atoms with Crippen LogP contribution in [0.1, 0.15) is 30.3 Å². The van der Waals surface area contributed by atoms with Gasteiger partial charge in [0.1, 0.15) is 0 Å². The van der Waals surface area contributed by atoms with Gasteiger partial charge in [-0.15, -0.1) is 0 Å². The van der Waals surface area contributed by atoms with E-state index in [0.717, 1.165) is 63.0 Å². The lowest BCUT2D eigenvalue weighted by Crippen LogP contribution is -2.45. The van der Waals surface area contributed by atoms with Crippen LogP contribution in [0.4, 0.5) is 5.95 Å². The summed E-state index contributed by atoms with van der Waals surface area (Å²) in [6.07, 6.45) is 1.15. The van der Waals surface area contributed by atoms with Gasteiger partial charge in [0.25, 0.3) is 0 Å². The maximum atomic E-state index is 4.72. The predicted molar refractivity (Wildman–Crippen MR) is 83.2 cm³/mol. The molecule has 1 aromatic rings. The summed E-state index contributed by atoms with van der Waals surface area (Å²) in [6, 6.07) is 0. The number of nitrogens with one attached hydrogen (secondary N) is 1. The minimum Gasteiger partial charge on any atom is -0.338 e. The fourth-order valence-corrected chi connectivity index (χ4v) is 2.52. The Morgan fingerprint density at radius 2 is 1.65 bits per heavy atom. The van der Waals surface area contributed by atoms with Crippen LogP contribution >= 0.6 is 0 Å². The minimum absolute atomic E-state index is 0.870. The summed E-state index contributed by atoms with van der Waals surface area (Å²) in [5, 5.41) is 3.44. The first-order chi connectivity index (χ1) is 9.61. The zero-order valence-electron chi connectivity index (χ0n) is 13.2. The van der Waals surface area contributed by atoms with Crippen LogP contribution in [0.15, 0.2) is 0 Å². The van der Waals surface area contributed by atoms with Crippen molar-refractivity contribution < 1.29 is 0 Å². The molecule has 5 heteroatoms. The molecule has 0 spiro atoms. The average Bonchev–Trinajstić information content (AvgIpc) is 2.42. The summed E-state index contributed by atoms with van der Waals surface area (Å²) < 4.78 is 0. The van der Waals surface area contributed by atoms with Gasteiger partial charge in [-0.2, -0.15) is 0 Å². The Kier molecular flexibility index (Phi) is 5.31. The Balaban J connectivity index is 2.09. The maximum absolute atomic E-state index is 4.72. The first-order valence-electron chi connectivity index (χ1n) is 7.60. The highest BCUT2D eigenvalue weighted by molar-refractivity contribution is 5.37. The molecule has 5 nitrogen and oxygen atoms in total. The summed E-state index contributed by atoms with van der Waals surface area (Å²) in [7, 11) is 2.16. The summed E-state index contributed by atoms with van der Waals surface area (Å²) >= 11 is 0. The minimum atomic E-state index is 0.870. The van der Waals surface area contributed by atoms with Crippen LogP contribution in [0.2, 0.25) is 0 Å². The highest BCUT2D eigenvalue weighted by atomic mass is 15.3. The van der Waals surface area contributed by atoms with E-state index < -0.39 is 0 Å². The van der Waals surface area contributed by atoms with Gasteiger partial charge >= 0.3 is 0 Å². The predicted octanol–water partition coefficient (Wildman–Crippen LogP) is 1.34. The van der Waals surface area contributed by atoms with Crippen molar-refractivity contribution in [2.75, 3.05) is 44.7 Å². The van der Waals surface area contributed by atoms with E-state index in [2.05, 4.69) is 42.9 Å². The quantitative estimate of drug-likeness (QED) is 0.823. The van der Waals surface area contributed by atoms with Crippen molar-refractivity contribution in [2.24, 2.45) is 0 Å². The number of aromatic nitrogens is 2. The Hall–Kier alpha value is -1.20. The lowest BCUT2D eigenvalue weighted by Gasteiger charge is -2.32. The molecular formula is C15H27N5. The maximum Gasteiger partial charge on any atom is 0.225 e. The topological polar surface area (TPSA) is 44.3 Å². The van der Waals surface area contributed by atoms with E-state index >= 15 is 0 Å². The van der Waals surface area contributed by atoms with Gasteiger partial charge in [0.15, 0.2) is 0 Å². The number of hydrogen-bond acceptors (Lipinski definition) is 5. The molecule has 1 saturated heterocycles. The van der Waals surface area contributed by atoms with E-state index in [0.29, 0.717) is 0 Å². The average molecular weight is 277 g/mol. The zero-order chi connectivity index (χ0) is 14.5. The van der Waals surface area contributed by atoms with Crippen molar-refractivity contribution in [3.05, 3.63) is 17.0 Å². The monoisotopic (exact) mass is 277 g/mol. The molecule has 1 aromatic heterocycles. The summed E-state index contributed by atoms with van der Waals surface area (Å²) in [4.78, 5) is 14.1. The van der Waals surface area contributed by atoms with Crippen LogP contribution in [-0.2, 0) is 6.54 Å². The number of anilines is 1. The van der Waals surface area contributed by atoms with Gasteiger partial charge < -0.3 is 15.1 Å². The zero-order valence-corrected chi connectivity index (χ0v) is 13.2. The molecule has 0 aliphatic carbocycles. The molecule has 2 heterocycles. The highest BCUT2D eigenvalue weighted by Crippen LogP contribution is 2.16. The van der Waals surface area contributed by atoms with Crippen LogP contribution in [-0.4, -0.2) is 54.6 Å². The molecule has 1 fully saturated rings. The Bertz CT molecular complexity index is 415. The molecule has 0 aromatic carbocycles. The fraction of sp³-hybridized carbons (Fsp3) is 0.733. The second kappa shape index (κ2) is 6.99. The summed E-state index contributed by atoms with van der Waals surface area (Å²) in [6.45, 7) is 12.5. The molecule has 20 heavy (non-hydrogen) atoms. The third-order valence-electron chi connectivity index (χ3n) is 3.92. The van der Waals surface area contributed by atoms with E-state index in [1.807, 2.05) is 0 Å². The lowest BCUT2D eigenvalue weighted by molar-refractivity contribution is 0.311. The third kappa shape index (κ3) is 3.67. The van der Waals surface area contributed by atoms with Crippen molar-refractivity contribution in [3.63, 3.8) is 0 Å². The first kappa shape index (κ1) is 15.2. The smallest absolute Gasteiger partial charge is 0.225 e. The van der Waals surface area contributed by atoms with Crippen LogP contribution < -0.4 is 10.2 Å². The second-order valence-corrected chi connectivity index (χ2v) is 5.64. The molecule has 0 amide bonds. The van der Waals surface area contributed by atoms with Gasteiger partial charge in [-0.05, 0) is 33.9 Å². The van der Waals surface area contributed by atoms with Gasteiger partial charge in [0.05, 0.1) is 0 Å². The molecule has 1 N–H and O–H groups in total. The van der Waals surface area contributed by atoms with Crippen molar-refractivity contribution >= 4 is 5.95 Å². The van der Waals surface area contributed by atoms with E-state index in [-0.39, 0.29) is 0 Å². The number of hydrogen-bond donors (Lipinski definition) is 1.